The lowest BCUT2D eigenvalue weighted by atomic mass is 10.1. The number of benzene rings is 1. The highest BCUT2D eigenvalue weighted by molar-refractivity contribution is 5.57. The van der Waals surface area contributed by atoms with Gasteiger partial charge in [0.1, 0.15) is 23.6 Å². The van der Waals surface area contributed by atoms with E-state index in [0.29, 0.717) is 12.0 Å². The van der Waals surface area contributed by atoms with Crippen LogP contribution in [0.3, 0.4) is 0 Å². The second-order valence-corrected chi connectivity index (χ2v) is 6.63. The maximum atomic E-state index is 5.38. The molecule has 1 aliphatic rings. The third kappa shape index (κ3) is 4.13. The number of hydrogen-bond donors (Lipinski definition) is 1. The predicted molar refractivity (Wildman–Crippen MR) is 99.9 cm³/mol. The molecule has 1 aromatic heterocycles. The fraction of sp³-hybridized carbons (Fsp3) is 0.474. The molecule has 6 heteroatoms. The monoisotopic (exact) mass is 342 g/mol. The van der Waals surface area contributed by atoms with Gasteiger partial charge in [0.05, 0.1) is 14.2 Å². The Labute approximate surface area is 149 Å². The SMILES string of the molecule is COc1cc(OC)cc(N2CCC(Nc3cc(C(C)C)ncn3)C2)c1. The summed E-state index contributed by atoms with van der Waals surface area (Å²) in [6.07, 6.45) is 2.69. The molecule has 2 aromatic rings. The minimum Gasteiger partial charge on any atom is -0.497 e. The van der Waals surface area contributed by atoms with Gasteiger partial charge in [-0.2, -0.15) is 0 Å². The molecule has 1 fully saturated rings. The Morgan fingerprint density at radius 2 is 1.80 bits per heavy atom. The lowest BCUT2D eigenvalue weighted by Gasteiger charge is -2.21. The zero-order chi connectivity index (χ0) is 17.8. The van der Waals surface area contributed by atoms with E-state index < -0.39 is 0 Å². The maximum Gasteiger partial charge on any atom is 0.129 e. The van der Waals surface area contributed by atoms with Crippen molar-refractivity contribution in [1.82, 2.24) is 9.97 Å². The molecule has 0 spiro atoms. The summed E-state index contributed by atoms with van der Waals surface area (Å²) >= 11 is 0. The lowest BCUT2D eigenvalue weighted by Crippen LogP contribution is -2.26. The fourth-order valence-corrected chi connectivity index (χ4v) is 3.06. The number of rotatable bonds is 6. The molecule has 1 N–H and O–H groups in total. The highest BCUT2D eigenvalue weighted by Gasteiger charge is 2.24. The second-order valence-electron chi connectivity index (χ2n) is 6.63. The maximum absolute atomic E-state index is 5.38. The lowest BCUT2D eigenvalue weighted by molar-refractivity contribution is 0.394. The molecule has 6 nitrogen and oxygen atoms in total. The van der Waals surface area contributed by atoms with Gasteiger partial charge < -0.3 is 19.7 Å². The first-order valence-corrected chi connectivity index (χ1v) is 8.65. The van der Waals surface area contributed by atoms with Gasteiger partial charge in [0.15, 0.2) is 0 Å². The molecule has 3 rings (SSSR count). The summed E-state index contributed by atoms with van der Waals surface area (Å²) in [6.45, 7) is 6.17. The van der Waals surface area contributed by atoms with Gasteiger partial charge in [0.2, 0.25) is 0 Å². The largest absolute Gasteiger partial charge is 0.497 e. The molecule has 0 saturated carbocycles. The van der Waals surface area contributed by atoms with Crippen LogP contribution in [0.5, 0.6) is 11.5 Å². The van der Waals surface area contributed by atoms with Crippen LogP contribution < -0.4 is 19.7 Å². The molecule has 2 heterocycles. The highest BCUT2D eigenvalue weighted by atomic mass is 16.5. The highest BCUT2D eigenvalue weighted by Crippen LogP contribution is 2.31. The second kappa shape index (κ2) is 7.59. The smallest absolute Gasteiger partial charge is 0.129 e. The fourth-order valence-electron chi connectivity index (χ4n) is 3.06. The van der Waals surface area contributed by atoms with Crippen LogP contribution in [0.25, 0.3) is 0 Å². The van der Waals surface area contributed by atoms with Gasteiger partial charge in [0.25, 0.3) is 0 Å². The van der Waals surface area contributed by atoms with Crippen LogP contribution in [0.15, 0.2) is 30.6 Å². The van der Waals surface area contributed by atoms with E-state index in [2.05, 4.69) is 34.0 Å². The molecule has 1 aliphatic heterocycles. The molecule has 1 atom stereocenters. The van der Waals surface area contributed by atoms with Crippen molar-refractivity contribution in [3.05, 3.63) is 36.3 Å². The Balaban J connectivity index is 1.69. The first-order chi connectivity index (χ1) is 12.1. The number of nitrogens with one attached hydrogen (secondary N) is 1. The Hall–Kier alpha value is -2.50. The number of ether oxygens (including phenoxy) is 2. The van der Waals surface area contributed by atoms with E-state index in [1.54, 1.807) is 20.5 Å². The molecule has 0 aliphatic carbocycles. The topological polar surface area (TPSA) is 59.5 Å². The Morgan fingerprint density at radius 3 is 2.44 bits per heavy atom. The van der Waals surface area contributed by atoms with Crippen LogP contribution in [-0.4, -0.2) is 43.3 Å². The van der Waals surface area contributed by atoms with Gasteiger partial charge in [-0.1, -0.05) is 13.8 Å². The van der Waals surface area contributed by atoms with E-state index in [1.807, 2.05) is 24.3 Å². The van der Waals surface area contributed by atoms with Crippen LogP contribution in [-0.2, 0) is 0 Å². The van der Waals surface area contributed by atoms with E-state index in [1.165, 1.54) is 0 Å². The zero-order valence-corrected chi connectivity index (χ0v) is 15.3. The number of methoxy groups -OCH3 is 2. The molecular weight excluding hydrogens is 316 g/mol. The van der Waals surface area contributed by atoms with Crippen LogP contribution in [0, 0.1) is 0 Å². The van der Waals surface area contributed by atoms with Crippen molar-refractivity contribution in [3.8, 4) is 11.5 Å². The Morgan fingerprint density at radius 1 is 1.08 bits per heavy atom. The van der Waals surface area contributed by atoms with E-state index in [9.17, 15) is 0 Å². The van der Waals surface area contributed by atoms with Crippen molar-refractivity contribution < 1.29 is 9.47 Å². The van der Waals surface area contributed by atoms with E-state index in [-0.39, 0.29) is 0 Å². The molecule has 0 radical (unpaired) electrons. The minimum absolute atomic E-state index is 0.354. The molecule has 1 unspecified atom stereocenters. The summed E-state index contributed by atoms with van der Waals surface area (Å²) in [6, 6.07) is 8.39. The van der Waals surface area contributed by atoms with Gasteiger partial charge in [-0.15, -0.1) is 0 Å². The van der Waals surface area contributed by atoms with E-state index in [4.69, 9.17) is 9.47 Å². The van der Waals surface area contributed by atoms with Gasteiger partial charge in [-0.3, -0.25) is 0 Å². The van der Waals surface area contributed by atoms with Crippen molar-refractivity contribution in [2.24, 2.45) is 0 Å². The van der Waals surface area contributed by atoms with Crippen molar-refractivity contribution in [2.75, 3.05) is 37.5 Å². The standard InChI is InChI=1S/C19H26N4O2/c1-13(2)18-10-19(21-12-20-18)22-14-5-6-23(11-14)15-7-16(24-3)9-17(8-15)25-4/h7-10,12-14H,5-6,11H2,1-4H3,(H,20,21,22). The van der Waals surface area contributed by atoms with Crippen LogP contribution in [0.4, 0.5) is 11.5 Å². The van der Waals surface area contributed by atoms with Crippen molar-refractivity contribution in [1.29, 1.82) is 0 Å². The van der Waals surface area contributed by atoms with Crippen LogP contribution in [0.2, 0.25) is 0 Å². The molecular formula is C19H26N4O2. The predicted octanol–water partition coefficient (Wildman–Crippen LogP) is 3.31. The molecule has 0 bridgehead atoms. The average molecular weight is 342 g/mol. The summed E-state index contributed by atoms with van der Waals surface area (Å²) < 4.78 is 10.8. The van der Waals surface area contributed by atoms with Crippen molar-refractivity contribution in [2.45, 2.75) is 32.2 Å². The minimum atomic E-state index is 0.354. The first-order valence-electron chi connectivity index (χ1n) is 8.65. The van der Waals surface area contributed by atoms with Gasteiger partial charge in [-0.05, 0) is 12.3 Å². The van der Waals surface area contributed by atoms with Gasteiger partial charge in [-0.25, -0.2) is 9.97 Å². The van der Waals surface area contributed by atoms with Crippen molar-refractivity contribution >= 4 is 11.5 Å². The van der Waals surface area contributed by atoms with E-state index >= 15 is 0 Å². The number of aromatic nitrogens is 2. The summed E-state index contributed by atoms with van der Waals surface area (Å²) in [5.41, 5.74) is 2.18. The first kappa shape index (κ1) is 17.3. The molecule has 0 amide bonds. The van der Waals surface area contributed by atoms with Crippen molar-refractivity contribution in [3.63, 3.8) is 0 Å². The van der Waals surface area contributed by atoms with Crippen LogP contribution >= 0.6 is 0 Å². The number of hydrogen-bond acceptors (Lipinski definition) is 6. The third-order valence-electron chi connectivity index (χ3n) is 4.52. The quantitative estimate of drug-likeness (QED) is 0.869. The molecule has 134 valence electrons. The number of nitrogens with zero attached hydrogens (tertiary/aromatic N) is 3. The average Bonchev–Trinajstić information content (AvgIpc) is 3.10. The summed E-state index contributed by atoms with van der Waals surface area (Å²) in [4.78, 5) is 11.0. The van der Waals surface area contributed by atoms with E-state index in [0.717, 1.165) is 48.2 Å². The Kier molecular flexibility index (Phi) is 5.26. The van der Waals surface area contributed by atoms with Crippen LogP contribution in [0.1, 0.15) is 31.9 Å². The summed E-state index contributed by atoms with van der Waals surface area (Å²) in [5, 5.41) is 3.54. The summed E-state index contributed by atoms with van der Waals surface area (Å²) in [7, 11) is 3.35. The molecule has 1 aromatic carbocycles. The van der Waals surface area contributed by atoms with Gasteiger partial charge in [0, 0.05) is 54.8 Å². The van der Waals surface area contributed by atoms with Gasteiger partial charge >= 0.3 is 0 Å². The molecule has 25 heavy (non-hydrogen) atoms. The zero-order valence-electron chi connectivity index (χ0n) is 15.3. The molecule has 1 saturated heterocycles. The normalized spacial score (nSPS) is 17.0. The number of anilines is 2. The third-order valence-corrected chi connectivity index (χ3v) is 4.52. The Bertz CT molecular complexity index is 698. The summed E-state index contributed by atoms with van der Waals surface area (Å²) in [5.74, 6) is 2.91.